The van der Waals surface area contributed by atoms with Gasteiger partial charge >= 0.3 is 0 Å². The number of rotatable bonds is 4. The summed E-state index contributed by atoms with van der Waals surface area (Å²) >= 11 is 0. The van der Waals surface area contributed by atoms with Crippen LogP contribution in [-0.2, 0) is 0 Å². The molecule has 1 aliphatic rings. The topological polar surface area (TPSA) is 71.2 Å². The molecule has 3 rings (SSSR count). The Labute approximate surface area is 123 Å². The minimum absolute atomic E-state index is 0.140. The number of aliphatic hydroxyl groups is 1. The number of hydrogen-bond donors (Lipinski definition) is 1. The molecule has 2 aromatic rings. The van der Waals surface area contributed by atoms with Gasteiger partial charge in [0.05, 0.1) is 18.0 Å². The average Bonchev–Trinajstić information content (AvgIpc) is 2.95. The highest BCUT2D eigenvalue weighted by atomic mass is 16.3. The van der Waals surface area contributed by atoms with Crippen LogP contribution in [0, 0.1) is 5.92 Å². The molecule has 0 aliphatic heterocycles. The Morgan fingerprint density at radius 3 is 2.76 bits per heavy atom. The summed E-state index contributed by atoms with van der Waals surface area (Å²) in [6.45, 7) is 0.647. The van der Waals surface area contributed by atoms with Gasteiger partial charge in [-0.3, -0.25) is 4.79 Å². The third-order valence-electron chi connectivity index (χ3n) is 3.82. The van der Waals surface area contributed by atoms with Crippen LogP contribution in [-0.4, -0.2) is 50.6 Å². The van der Waals surface area contributed by atoms with Crippen molar-refractivity contribution in [1.82, 2.24) is 19.9 Å². The minimum atomic E-state index is -0.197. The van der Waals surface area contributed by atoms with Crippen molar-refractivity contribution >= 4 is 5.91 Å². The van der Waals surface area contributed by atoms with Crippen LogP contribution in [0.2, 0.25) is 0 Å². The molecule has 1 saturated carbocycles. The van der Waals surface area contributed by atoms with E-state index in [9.17, 15) is 9.90 Å². The number of hydrogen-bond acceptors (Lipinski definition) is 4. The van der Waals surface area contributed by atoms with Gasteiger partial charge in [-0.25, -0.2) is 4.68 Å². The first-order chi connectivity index (χ1) is 10.1. The van der Waals surface area contributed by atoms with Gasteiger partial charge in [0.25, 0.3) is 5.91 Å². The Bertz CT molecular complexity index is 620. The monoisotopic (exact) mass is 286 g/mol. The third-order valence-corrected chi connectivity index (χ3v) is 3.82. The third kappa shape index (κ3) is 2.95. The van der Waals surface area contributed by atoms with Crippen LogP contribution in [0.4, 0.5) is 0 Å². The van der Waals surface area contributed by atoms with E-state index in [4.69, 9.17) is 0 Å². The van der Waals surface area contributed by atoms with Crippen LogP contribution in [0.5, 0.6) is 0 Å². The van der Waals surface area contributed by atoms with Crippen LogP contribution in [0.1, 0.15) is 23.3 Å². The number of carbonyl (C=O) groups excluding carboxylic acids is 1. The Hall–Kier alpha value is -2.21. The number of aromatic nitrogens is 3. The zero-order valence-electron chi connectivity index (χ0n) is 11.9. The van der Waals surface area contributed by atoms with E-state index in [0.29, 0.717) is 18.2 Å². The maximum atomic E-state index is 12.3. The van der Waals surface area contributed by atoms with Crippen molar-refractivity contribution in [1.29, 1.82) is 0 Å². The molecular formula is C15H18N4O2. The van der Waals surface area contributed by atoms with Crippen molar-refractivity contribution in [3.8, 4) is 5.69 Å². The van der Waals surface area contributed by atoms with Gasteiger partial charge in [-0.05, 0) is 30.9 Å². The van der Waals surface area contributed by atoms with Crippen LogP contribution in [0.25, 0.3) is 5.69 Å². The van der Waals surface area contributed by atoms with Crippen molar-refractivity contribution < 1.29 is 9.90 Å². The number of nitrogens with zero attached hydrogens (tertiary/aromatic N) is 4. The van der Waals surface area contributed by atoms with Gasteiger partial charge in [-0.2, -0.15) is 0 Å². The first-order valence-corrected chi connectivity index (χ1v) is 7.05. The van der Waals surface area contributed by atoms with Gasteiger partial charge in [0.1, 0.15) is 0 Å². The molecule has 1 aliphatic carbocycles. The second kappa shape index (κ2) is 5.65. The summed E-state index contributed by atoms with van der Waals surface area (Å²) in [6, 6.07) is 9.55. The maximum absolute atomic E-state index is 12.3. The molecule has 0 atom stereocenters. The Morgan fingerprint density at radius 2 is 2.10 bits per heavy atom. The SMILES string of the molecule is CN(CC1CC(O)C1)C(=O)c1cn(-c2ccccc2)nn1. The Balaban J connectivity index is 1.66. The Kier molecular flexibility index (Phi) is 3.70. The zero-order chi connectivity index (χ0) is 14.8. The second-order valence-corrected chi connectivity index (χ2v) is 5.56. The summed E-state index contributed by atoms with van der Waals surface area (Å²) < 4.78 is 1.59. The summed E-state index contributed by atoms with van der Waals surface area (Å²) in [5.41, 5.74) is 1.20. The van der Waals surface area contributed by atoms with Gasteiger partial charge in [0.2, 0.25) is 0 Å². The lowest BCUT2D eigenvalue weighted by Crippen LogP contribution is -2.39. The normalized spacial score (nSPS) is 20.9. The zero-order valence-corrected chi connectivity index (χ0v) is 11.9. The number of carbonyl (C=O) groups is 1. The summed E-state index contributed by atoms with van der Waals surface area (Å²) in [5.74, 6) is 0.247. The van der Waals surface area contributed by atoms with E-state index in [-0.39, 0.29) is 12.0 Å². The van der Waals surface area contributed by atoms with Crippen molar-refractivity contribution in [3.63, 3.8) is 0 Å². The highest BCUT2D eigenvalue weighted by molar-refractivity contribution is 5.91. The minimum Gasteiger partial charge on any atom is -0.393 e. The van der Waals surface area contributed by atoms with E-state index in [0.717, 1.165) is 18.5 Å². The van der Waals surface area contributed by atoms with E-state index in [1.807, 2.05) is 30.3 Å². The average molecular weight is 286 g/mol. The largest absolute Gasteiger partial charge is 0.393 e. The fourth-order valence-electron chi connectivity index (χ4n) is 2.58. The molecule has 0 radical (unpaired) electrons. The smallest absolute Gasteiger partial charge is 0.275 e. The van der Waals surface area contributed by atoms with E-state index < -0.39 is 0 Å². The number of benzene rings is 1. The summed E-state index contributed by atoms with van der Waals surface area (Å²) in [4.78, 5) is 13.9. The van der Waals surface area contributed by atoms with Gasteiger partial charge in [0.15, 0.2) is 5.69 Å². The van der Waals surface area contributed by atoms with Crippen molar-refractivity contribution in [2.24, 2.45) is 5.92 Å². The van der Waals surface area contributed by atoms with Crippen LogP contribution >= 0.6 is 0 Å². The molecule has 1 aromatic heterocycles. The summed E-state index contributed by atoms with van der Waals surface area (Å²) in [5, 5.41) is 17.2. The second-order valence-electron chi connectivity index (χ2n) is 5.56. The van der Waals surface area contributed by atoms with E-state index >= 15 is 0 Å². The molecule has 1 heterocycles. The predicted molar refractivity (Wildman–Crippen MR) is 77.1 cm³/mol. The molecule has 0 saturated heterocycles. The Morgan fingerprint density at radius 1 is 1.38 bits per heavy atom. The quantitative estimate of drug-likeness (QED) is 0.914. The lowest BCUT2D eigenvalue weighted by atomic mass is 9.82. The lowest BCUT2D eigenvalue weighted by Gasteiger charge is -2.34. The molecule has 1 amide bonds. The molecular weight excluding hydrogens is 268 g/mol. The number of amides is 1. The molecule has 6 heteroatoms. The first kappa shape index (κ1) is 13.8. The number of aliphatic hydroxyl groups excluding tert-OH is 1. The highest BCUT2D eigenvalue weighted by Gasteiger charge is 2.29. The highest BCUT2D eigenvalue weighted by Crippen LogP contribution is 2.27. The van der Waals surface area contributed by atoms with Crippen LogP contribution in [0.15, 0.2) is 36.5 Å². The van der Waals surface area contributed by atoms with Gasteiger partial charge in [-0.15, -0.1) is 5.10 Å². The lowest BCUT2D eigenvalue weighted by molar-refractivity contribution is 0.0264. The molecule has 21 heavy (non-hydrogen) atoms. The molecule has 1 N–H and O–H groups in total. The van der Waals surface area contributed by atoms with Crippen LogP contribution < -0.4 is 0 Å². The molecule has 6 nitrogen and oxygen atoms in total. The molecule has 1 fully saturated rings. The number of para-hydroxylation sites is 1. The summed E-state index contributed by atoms with van der Waals surface area (Å²) in [7, 11) is 1.76. The molecule has 110 valence electrons. The van der Waals surface area contributed by atoms with Crippen molar-refractivity contribution in [3.05, 3.63) is 42.2 Å². The van der Waals surface area contributed by atoms with Gasteiger partial charge < -0.3 is 10.0 Å². The molecule has 0 spiro atoms. The van der Waals surface area contributed by atoms with Crippen molar-refractivity contribution in [2.75, 3.05) is 13.6 Å². The van der Waals surface area contributed by atoms with Gasteiger partial charge in [0, 0.05) is 13.6 Å². The van der Waals surface area contributed by atoms with Crippen molar-refractivity contribution in [2.45, 2.75) is 18.9 Å². The first-order valence-electron chi connectivity index (χ1n) is 7.05. The maximum Gasteiger partial charge on any atom is 0.275 e. The standard InChI is InChI=1S/C15H18N4O2/c1-18(9-11-7-13(20)8-11)15(21)14-10-19(17-16-14)12-5-3-2-4-6-12/h2-6,10-11,13,20H,7-9H2,1H3. The predicted octanol–water partition coefficient (Wildman–Crippen LogP) is 1.11. The fraction of sp³-hybridized carbons (Fsp3) is 0.400. The fourth-order valence-corrected chi connectivity index (χ4v) is 2.58. The van der Waals surface area contributed by atoms with Gasteiger partial charge in [-0.1, -0.05) is 23.4 Å². The van der Waals surface area contributed by atoms with E-state index in [1.165, 1.54) is 0 Å². The molecule has 1 aromatic carbocycles. The summed E-state index contributed by atoms with van der Waals surface area (Å²) in [6.07, 6.45) is 2.99. The van der Waals surface area contributed by atoms with E-state index in [1.54, 1.807) is 22.8 Å². The van der Waals surface area contributed by atoms with E-state index in [2.05, 4.69) is 10.3 Å². The van der Waals surface area contributed by atoms with Crippen LogP contribution in [0.3, 0.4) is 0 Å². The molecule has 0 unspecified atom stereocenters. The molecule has 0 bridgehead atoms.